The lowest BCUT2D eigenvalue weighted by Crippen LogP contribution is -2.27. The third-order valence-corrected chi connectivity index (χ3v) is 7.29. The monoisotopic (exact) mass is 396 g/mol. The molecule has 26 heavy (non-hydrogen) atoms. The summed E-state index contributed by atoms with van der Waals surface area (Å²) in [5.74, 6) is 0. The minimum Gasteiger partial charge on any atom is -0.207 e. The van der Waals surface area contributed by atoms with Crippen LogP contribution >= 0.6 is 0 Å². The molecule has 0 aliphatic heterocycles. The molecule has 0 saturated heterocycles. The molecule has 0 saturated carbocycles. The molecule has 2 aromatic carbocycles. The molecule has 142 valence electrons. The van der Waals surface area contributed by atoms with Crippen LogP contribution in [0.15, 0.2) is 58.3 Å². The molecule has 0 aliphatic carbocycles. The molecule has 0 atom stereocenters. The summed E-state index contributed by atoms with van der Waals surface area (Å²) in [6.07, 6.45) is 1.88. The highest BCUT2D eigenvalue weighted by Crippen LogP contribution is 2.19. The zero-order chi connectivity index (χ0) is 19.4. The zero-order valence-electron chi connectivity index (χ0n) is 15.1. The molecule has 0 radical (unpaired) electrons. The van der Waals surface area contributed by atoms with Gasteiger partial charge in [-0.1, -0.05) is 43.7 Å². The van der Waals surface area contributed by atoms with Crippen LogP contribution in [-0.4, -0.2) is 35.2 Å². The normalized spacial score (nSPS) is 12.5. The van der Waals surface area contributed by atoms with Crippen LogP contribution in [0.25, 0.3) is 0 Å². The van der Waals surface area contributed by atoms with Crippen molar-refractivity contribution in [1.29, 1.82) is 0 Å². The van der Waals surface area contributed by atoms with Crippen LogP contribution in [0, 0.1) is 0 Å². The van der Waals surface area contributed by atoms with Gasteiger partial charge in [-0.25, -0.2) is 25.9 Å². The summed E-state index contributed by atoms with van der Waals surface area (Å²) in [6, 6.07) is 13.1. The molecular formula is C18H24N2O4S2. The first-order valence-corrected chi connectivity index (χ1v) is 11.2. The predicted molar refractivity (Wildman–Crippen MR) is 102 cm³/mol. The van der Waals surface area contributed by atoms with Crippen LogP contribution in [0.1, 0.15) is 24.5 Å². The number of aryl methyl sites for hydroxylation is 1. The number of hydrogen-bond acceptors (Lipinski definition) is 4. The van der Waals surface area contributed by atoms with Crippen molar-refractivity contribution in [3.05, 3.63) is 59.7 Å². The van der Waals surface area contributed by atoms with Gasteiger partial charge < -0.3 is 0 Å². The van der Waals surface area contributed by atoms with Crippen molar-refractivity contribution in [3.63, 3.8) is 0 Å². The van der Waals surface area contributed by atoms with E-state index in [2.05, 4.69) is 11.6 Å². The van der Waals surface area contributed by atoms with Gasteiger partial charge in [-0.05, 0) is 35.7 Å². The maximum atomic E-state index is 12.5. The van der Waals surface area contributed by atoms with E-state index in [1.165, 1.54) is 20.2 Å². The SMILES string of the molecule is CCCc1ccc(S(=O)(=O)NCc2ccccc2S(=O)(=O)N(C)C)cc1. The second kappa shape index (κ2) is 8.30. The molecule has 0 amide bonds. The molecule has 6 nitrogen and oxygen atoms in total. The molecule has 0 bridgehead atoms. The van der Waals surface area contributed by atoms with E-state index in [1.54, 1.807) is 42.5 Å². The molecule has 8 heteroatoms. The van der Waals surface area contributed by atoms with Gasteiger partial charge in [0.1, 0.15) is 0 Å². The summed E-state index contributed by atoms with van der Waals surface area (Å²) in [5.41, 5.74) is 1.47. The Morgan fingerprint density at radius 1 is 0.923 bits per heavy atom. The van der Waals surface area contributed by atoms with E-state index in [0.29, 0.717) is 5.56 Å². The highest BCUT2D eigenvalue weighted by Gasteiger charge is 2.22. The van der Waals surface area contributed by atoms with Crippen molar-refractivity contribution in [2.75, 3.05) is 14.1 Å². The van der Waals surface area contributed by atoms with Crippen LogP contribution in [0.3, 0.4) is 0 Å². The molecular weight excluding hydrogens is 372 g/mol. The molecule has 0 fully saturated rings. The van der Waals surface area contributed by atoms with Crippen LogP contribution < -0.4 is 4.72 Å². The van der Waals surface area contributed by atoms with Gasteiger partial charge in [0.2, 0.25) is 20.0 Å². The number of nitrogens with one attached hydrogen (secondary N) is 1. The molecule has 0 aromatic heterocycles. The lowest BCUT2D eigenvalue weighted by molar-refractivity contribution is 0.519. The van der Waals surface area contributed by atoms with E-state index in [0.717, 1.165) is 22.7 Å². The minimum absolute atomic E-state index is 0.0889. The summed E-state index contributed by atoms with van der Waals surface area (Å²) in [4.78, 5) is 0.247. The smallest absolute Gasteiger partial charge is 0.207 e. The van der Waals surface area contributed by atoms with Gasteiger partial charge in [0.15, 0.2) is 0 Å². The van der Waals surface area contributed by atoms with Crippen LogP contribution in [0.5, 0.6) is 0 Å². The average molecular weight is 397 g/mol. The van der Waals surface area contributed by atoms with E-state index in [4.69, 9.17) is 0 Å². The summed E-state index contributed by atoms with van der Waals surface area (Å²) in [7, 11) is -4.51. The number of hydrogen-bond donors (Lipinski definition) is 1. The fourth-order valence-corrected chi connectivity index (χ4v) is 4.60. The van der Waals surface area contributed by atoms with Crippen molar-refractivity contribution < 1.29 is 16.8 Å². The predicted octanol–water partition coefficient (Wildman–Crippen LogP) is 2.37. The van der Waals surface area contributed by atoms with Crippen molar-refractivity contribution in [2.45, 2.75) is 36.1 Å². The van der Waals surface area contributed by atoms with Gasteiger partial charge in [-0.3, -0.25) is 0 Å². The second-order valence-electron chi connectivity index (χ2n) is 6.11. The lowest BCUT2D eigenvalue weighted by Gasteiger charge is -2.15. The fourth-order valence-electron chi connectivity index (χ4n) is 2.48. The van der Waals surface area contributed by atoms with Crippen molar-refractivity contribution in [1.82, 2.24) is 9.03 Å². The van der Waals surface area contributed by atoms with Crippen molar-refractivity contribution in [3.8, 4) is 0 Å². The Bertz CT molecular complexity index is 951. The van der Waals surface area contributed by atoms with Crippen LogP contribution in [0.2, 0.25) is 0 Å². The van der Waals surface area contributed by atoms with Gasteiger partial charge in [-0.2, -0.15) is 0 Å². The Kier molecular flexibility index (Phi) is 6.57. The number of rotatable bonds is 8. The molecule has 0 heterocycles. The molecule has 0 aliphatic rings. The minimum atomic E-state index is -3.73. The van der Waals surface area contributed by atoms with E-state index < -0.39 is 20.0 Å². The third kappa shape index (κ3) is 4.70. The van der Waals surface area contributed by atoms with E-state index in [1.807, 2.05) is 0 Å². The van der Waals surface area contributed by atoms with Gasteiger partial charge in [0.05, 0.1) is 9.79 Å². The number of nitrogens with zero attached hydrogens (tertiary/aromatic N) is 1. The van der Waals surface area contributed by atoms with Crippen LogP contribution in [-0.2, 0) is 33.0 Å². The highest BCUT2D eigenvalue weighted by molar-refractivity contribution is 7.89. The standard InChI is InChI=1S/C18H24N2O4S2/c1-4-7-15-10-12-17(13-11-15)25(21,22)19-14-16-8-5-6-9-18(16)26(23,24)20(2)3/h5-6,8-13,19H,4,7,14H2,1-3H3. The fraction of sp³-hybridized carbons (Fsp3) is 0.333. The Morgan fingerprint density at radius 2 is 1.54 bits per heavy atom. The quantitative estimate of drug-likeness (QED) is 0.742. The van der Waals surface area contributed by atoms with Gasteiger partial charge in [0, 0.05) is 20.6 Å². The van der Waals surface area contributed by atoms with Crippen molar-refractivity contribution in [2.24, 2.45) is 0 Å². The van der Waals surface area contributed by atoms with Crippen molar-refractivity contribution >= 4 is 20.0 Å². The maximum absolute atomic E-state index is 12.5. The third-order valence-electron chi connectivity index (χ3n) is 3.96. The van der Waals surface area contributed by atoms with Gasteiger partial charge in [0.25, 0.3) is 0 Å². The molecule has 1 N–H and O–H groups in total. The average Bonchev–Trinajstić information content (AvgIpc) is 2.61. The largest absolute Gasteiger partial charge is 0.242 e. The topological polar surface area (TPSA) is 83.5 Å². The Morgan fingerprint density at radius 3 is 2.12 bits per heavy atom. The summed E-state index contributed by atoms with van der Waals surface area (Å²) >= 11 is 0. The van der Waals surface area contributed by atoms with E-state index in [9.17, 15) is 16.8 Å². The molecule has 2 rings (SSSR count). The lowest BCUT2D eigenvalue weighted by atomic mass is 10.1. The van der Waals surface area contributed by atoms with Gasteiger partial charge in [-0.15, -0.1) is 0 Å². The molecule has 0 spiro atoms. The van der Waals surface area contributed by atoms with Crippen LogP contribution in [0.4, 0.5) is 0 Å². The number of benzene rings is 2. The molecule has 0 unspecified atom stereocenters. The van der Waals surface area contributed by atoms with E-state index >= 15 is 0 Å². The maximum Gasteiger partial charge on any atom is 0.242 e. The zero-order valence-corrected chi connectivity index (χ0v) is 16.8. The number of sulfonamides is 2. The Labute approximate surface area is 156 Å². The highest BCUT2D eigenvalue weighted by atomic mass is 32.2. The first-order valence-electron chi connectivity index (χ1n) is 8.27. The first-order chi connectivity index (χ1) is 12.2. The Balaban J connectivity index is 2.23. The second-order valence-corrected chi connectivity index (χ2v) is 10.0. The summed E-state index contributed by atoms with van der Waals surface area (Å²) in [5, 5.41) is 0. The summed E-state index contributed by atoms with van der Waals surface area (Å²) in [6.45, 7) is 1.95. The Hall–Kier alpha value is -1.74. The first kappa shape index (κ1) is 20.6. The van der Waals surface area contributed by atoms with E-state index in [-0.39, 0.29) is 16.3 Å². The molecule has 2 aromatic rings. The van der Waals surface area contributed by atoms with Gasteiger partial charge >= 0.3 is 0 Å². The summed E-state index contributed by atoms with van der Waals surface area (Å²) < 4.78 is 53.4.